The molecule has 1 atom stereocenters. The van der Waals surface area contributed by atoms with Crippen molar-refractivity contribution in [1.82, 2.24) is 10.2 Å². The first kappa shape index (κ1) is 33.2. The van der Waals surface area contributed by atoms with E-state index in [-0.39, 0.29) is 13.0 Å². The largest absolute Gasteiger partial charge is 0.417 e. The van der Waals surface area contributed by atoms with Gasteiger partial charge < -0.3 is 10.2 Å². The number of amides is 2. The second-order valence-electron chi connectivity index (χ2n) is 9.58. The van der Waals surface area contributed by atoms with Crippen molar-refractivity contribution in [2.24, 2.45) is 0 Å². The fourth-order valence-corrected chi connectivity index (χ4v) is 5.53. The molecule has 226 valence electrons. The molecule has 0 unspecified atom stereocenters. The molecule has 0 spiro atoms. The van der Waals surface area contributed by atoms with E-state index in [1.165, 1.54) is 4.90 Å². The number of rotatable bonds is 12. The highest BCUT2D eigenvalue weighted by Gasteiger charge is 2.36. The van der Waals surface area contributed by atoms with Crippen LogP contribution in [0, 0.1) is 0 Å². The number of halogens is 5. The molecule has 0 saturated carbocycles. The zero-order chi connectivity index (χ0) is 31.1. The summed E-state index contributed by atoms with van der Waals surface area (Å²) in [5.41, 5.74) is -0.348. The molecule has 2 amide bonds. The molecule has 0 saturated heterocycles. The van der Waals surface area contributed by atoms with E-state index in [4.69, 9.17) is 23.2 Å². The lowest BCUT2D eigenvalue weighted by Crippen LogP contribution is -2.53. The van der Waals surface area contributed by atoms with Crippen molar-refractivity contribution in [3.8, 4) is 0 Å². The van der Waals surface area contributed by atoms with Crippen molar-refractivity contribution < 1.29 is 31.2 Å². The van der Waals surface area contributed by atoms with Gasteiger partial charge in [-0.15, -0.1) is 0 Å². The fraction of sp³-hybridized carbons (Fsp3) is 0.310. The van der Waals surface area contributed by atoms with Gasteiger partial charge in [-0.05, 0) is 47.9 Å². The number of sulfonamides is 1. The summed E-state index contributed by atoms with van der Waals surface area (Å²) in [4.78, 5) is 28.7. The Labute approximate surface area is 253 Å². The smallest absolute Gasteiger partial charge is 0.354 e. The van der Waals surface area contributed by atoms with Crippen molar-refractivity contribution in [3.05, 3.63) is 99.5 Å². The van der Waals surface area contributed by atoms with Crippen LogP contribution in [0.1, 0.15) is 30.0 Å². The summed E-state index contributed by atoms with van der Waals surface area (Å²) in [6.07, 6.45) is -3.36. The maximum absolute atomic E-state index is 14.0. The Bertz CT molecular complexity index is 1510. The number of carbonyl (C=O) groups is 2. The molecule has 0 aliphatic heterocycles. The van der Waals surface area contributed by atoms with E-state index in [2.05, 4.69) is 5.32 Å². The number of hydrogen-bond donors (Lipinski definition) is 1. The highest BCUT2D eigenvalue weighted by atomic mass is 35.5. The van der Waals surface area contributed by atoms with Gasteiger partial charge in [0, 0.05) is 24.5 Å². The lowest BCUT2D eigenvalue weighted by molar-refractivity contribution is -0.140. The quantitative estimate of drug-likeness (QED) is 0.264. The minimum Gasteiger partial charge on any atom is -0.354 e. The molecule has 42 heavy (non-hydrogen) atoms. The highest BCUT2D eigenvalue weighted by Crippen LogP contribution is 2.37. The predicted octanol–water partition coefficient (Wildman–Crippen LogP) is 5.94. The summed E-state index contributed by atoms with van der Waals surface area (Å²) in [6, 6.07) is 17.0. The SMILES string of the molecule is CCCNC(=O)[C@H](Cc1ccccc1)N(Cc1cccc(Cl)c1)C(=O)CN(c1ccc(Cl)c(C(F)(F)F)c1)S(C)(=O)=O. The number of alkyl halides is 3. The average molecular weight is 645 g/mol. The monoisotopic (exact) mass is 643 g/mol. The van der Waals surface area contributed by atoms with Crippen LogP contribution in [0.25, 0.3) is 0 Å². The molecule has 0 aliphatic rings. The van der Waals surface area contributed by atoms with E-state index in [0.717, 1.165) is 24.0 Å². The molecule has 0 aliphatic carbocycles. The van der Waals surface area contributed by atoms with Gasteiger partial charge in [-0.25, -0.2) is 8.42 Å². The molecular weight excluding hydrogens is 614 g/mol. The van der Waals surface area contributed by atoms with Gasteiger partial charge in [0.2, 0.25) is 21.8 Å². The number of benzene rings is 3. The predicted molar refractivity (Wildman–Crippen MR) is 158 cm³/mol. The van der Waals surface area contributed by atoms with Crippen LogP contribution in [0.4, 0.5) is 18.9 Å². The second kappa shape index (κ2) is 14.3. The zero-order valence-electron chi connectivity index (χ0n) is 22.9. The van der Waals surface area contributed by atoms with Crippen LogP contribution < -0.4 is 9.62 Å². The zero-order valence-corrected chi connectivity index (χ0v) is 25.2. The van der Waals surface area contributed by atoms with Crippen LogP contribution >= 0.6 is 23.2 Å². The summed E-state index contributed by atoms with van der Waals surface area (Å²) in [6.45, 7) is 1.21. The normalized spacial score (nSPS) is 12.5. The molecule has 13 heteroatoms. The first-order valence-corrected chi connectivity index (χ1v) is 15.5. The molecule has 3 rings (SSSR count). The van der Waals surface area contributed by atoms with E-state index in [1.807, 2.05) is 6.92 Å². The number of carbonyl (C=O) groups excluding carboxylic acids is 2. The Balaban J connectivity index is 2.09. The van der Waals surface area contributed by atoms with Gasteiger partial charge in [0.15, 0.2) is 0 Å². The number of hydrogen-bond acceptors (Lipinski definition) is 4. The van der Waals surface area contributed by atoms with Gasteiger partial charge in [-0.3, -0.25) is 13.9 Å². The Morgan fingerprint density at radius 1 is 0.952 bits per heavy atom. The van der Waals surface area contributed by atoms with Crippen LogP contribution in [-0.2, 0) is 38.8 Å². The van der Waals surface area contributed by atoms with Crippen LogP contribution in [0.3, 0.4) is 0 Å². The topological polar surface area (TPSA) is 86.8 Å². The molecule has 0 radical (unpaired) electrons. The molecular formula is C29H30Cl2F3N3O4S. The number of anilines is 1. The van der Waals surface area contributed by atoms with Crippen LogP contribution in [-0.4, -0.2) is 50.5 Å². The first-order valence-electron chi connectivity index (χ1n) is 12.9. The molecule has 0 aromatic heterocycles. The van der Waals surface area contributed by atoms with E-state index in [0.29, 0.717) is 33.9 Å². The van der Waals surface area contributed by atoms with Crippen molar-refractivity contribution >= 4 is 50.7 Å². The van der Waals surface area contributed by atoms with Crippen molar-refractivity contribution in [1.29, 1.82) is 0 Å². The third-order valence-electron chi connectivity index (χ3n) is 6.28. The third-order valence-corrected chi connectivity index (χ3v) is 7.99. The third kappa shape index (κ3) is 9.11. The first-order chi connectivity index (χ1) is 19.7. The van der Waals surface area contributed by atoms with Gasteiger partial charge in [-0.2, -0.15) is 13.2 Å². The van der Waals surface area contributed by atoms with Gasteiger partial charge in [0.1, 0.15) is 12.6 Å². The highest BCUT2D eigenvalue weighted by molar-refractivity contribution is 7.92. The second-order valence-corrected chi connectivity index (χ2v) is 12.3. The van der Waals surface area contributed by atoms with Crippen molar-refractivity contribution in [2.45, 2.75) is 38.5 Å². The maximum atomic E-state index is 14.0. The van der Waals surface area contributed by atoms with E-state index in [1.54, 1.807) is 54.6 Å². The summed E-state index contributed by atoms with van der Waals surface area (Å²) < 4.78 is 66.9. The van der Waals surface area contributed by atoms with Crippen molar-refractivity contribution in [2.75, 3.05) is 23.7 Å². The van der Waals surface area contributed by atoms with Crippen LogP contribution in [0.15, 0.2) is 72.8 Å². The molecule has 0 heterocycles. The molecule has 0 fully saturated rings. The Kier molecular flexibility index (Phi) is 11.3. The average Bonchev–Trinajstić information content (AvgIpc) is 2.92. The summed E-state index contributed by atoms with van der Waals surface area (Å²) in [5, 5.41) is 2.56. The fourth-order valence-electron chi connectivity index (χ4n) is 4.25. The lowest BCUT2D eigenvalue weighted by atomic mass is 10.0. The van der Waals surface area contributed by atoms with Crippen LogP contribution in [0.5, 0.6) is 0 Å². The lowest BCUT2D eigenvalue weighted by Gasteiger charge is -2.33. The summed E-state index contributed by atoms with van der Waals surface area (Å²) in [5.74, 6) is -1.27. The molecule has 7 nitrogen and oxygen atoms in total. The van der Waals surface area contributed by atoms with E-state index >= 15 is 0 Å². The maximum Gasteiger partial charge on any atom is 0.417 e. The number of nitrogens with one attached hydrogen (secondary N) is 1. The minimum absolute atomic E-state index is 0.0980. The standard InChI is InChI=1S/C29H30Cl2F3N3O4S/c1-3-14-35-28(39)26(16-20-8-5-4-6-9-20)36(18-21-10-7-11-22(30)15-21)27(38)19-37(42(2,40)41)23-12-13-25(31)24(17-23)29(32,33)34/h4-13,15,17,26H,3,14,16,18-19H2,1-2H3,(H,35,39)/t26-/m0/s1. The Hall–Kier alpha value is -3.28. The summed E-state index contributed by atoms with van der Waals surface area (Å²) >= 11 is 11.9. The Morgan fingerprint density at radius 3 is 2.21 bits per heavy atom. The Morgan fingerprint density at radius 2 is 1.62 bits per heavy atom. The van der Waals surface area contributed by atoms with Gasteiger partial charge in [-0.1, -0.05) is 72.6 Å². The van der Waals surface area contributed by atoms with Gasteiger partial charge in [0.05, 0.1) is 22.5 Å². The molecule has 1 N–H and O–H groups in total. The minimum atomic E-state index is -4.86. The van der Waals surface area contributed by atoms with E-state index in [9.17, 15) is 31.2 Å². The van der Waals surface area contributed by atoms with Crippen molar-refractivity contribution in [3.63, 3.8) is 0 Å². The van der Waals surface area contributed by atoms with Crippen LogP contribution in [0.2, 0.25) is 10.0 Å². The molecule has 0 bridgehead atoms. The van der Waals surface area contributed by atoms with Gasteiger partial charge in [0.25, 0.3) is 0 Å². The molecule has 3 aromatic carbocycles. The van der Waals surface area contributed by atoms with E-state index < -0.39 is 56.9 Å². The van der Waals surface area contributed by atoms with Gasteiger partial charge >= 0.3 is 6.18 Å². The summed E-state index contributed by atoms with van der Waals surface area (Å²) in [7, 11) is -4.27. The number of nitrogens with zero attached hydrogens (tertiary/aromatic N) is 2. The molecule has 3 aromatic rings.